The number of fused-ring (bicyclic) bond motifs is 1. The highest BCUT2D eigenvalue weighted by atomic mass is 19.4. The predicted molar refractivity (Wildman–Crippen MR) is 126 cm³/mol. The minimum atomic E-state index is -4.67. The van der Waals surface area contributed by atoms with Crippen LogP contribution in [0.3, 0.4) is 0 Å². The molecule has 2 aromatic carbocycles. The van der Waals surface area contributed by atoms with Crippen LogP contribution in [0.15, 0.2) is 48.7 Å². The van der Waals surface area contributed by atoms with Crippen molar-refractivity contribution < 1.29 is 27.5 Å². The smallest absolute Gasteiger partial charge is 0.396 e. The number of carbonyl (C=O) groups excluding carboxylic acids is 1. The number of aliphatic hydroxyl groups excluding tert-OH is 1. The SMILES string of the molecule is Cn1nc(-c2ccc(NC(=O)Nc3cc(C(F)(F)F)ccc3F)cc2)c2cnc(NCCCO)nc21. The molecule has 188 valence electrons. The molecular formula is C23H21F4N7O2. The van der Waals surface area contributed by atoms with Crippen molar-refractivity contribution >= 4 is 34.4 Å². The number of aromatic nitrogens is 4. The van der Waals surface area contributed by atoms with Crippen molar-refractivity contribution in [3.8, 4) is 11.3 Å². The molecule has 0 spiro atoms. The Morgan fingerprint density at radius 2 is 1.86 bits per heavy atom. The molecule has 4 N–H and O–H groups in total. The van der Waals surface area contributed by atoms with Crippen molar-refractivity contribution in [1.82, 2.24) is 19.7 Å². The second-order valence-corrected chi connectivity index (χ2v) is 7.76. The van der Waals surface area contributed by atoms with E-state index in [0.717, 1.165) is 0 Å². The van der Waals surface area contributed by atoms with Gasteiger partial charge in [0.25, 0.3) is 0 Å². The zero-order valence-corrected chi connectivity index (χ0v) is 18.9. The molecule has 2 amide bonds. The molecule has 0 saturated carbocycles. The summed E-state index contributed by atoms with van der Waals surface area (Å²) < 4.78 is 54.1. The Morgan fingerprint density at radius 1 is 1.11 bits per heavy atom. The number of nitrogens with zero attached hydrogens (tertiary/aromatic N) is 4. The first-order chi connectivity index (χ1) is 17.2. The summed E-state index contributed by atoms with van der Waals surface area (Å²) in [6, 6.07) is 7.39. The van der Waals surface area contributed by atoms with Gasteiger partial charge in [-0.05, 0) is 36.8 Å². The minimum Gasteiger partial charge on any atom is -0.396 e. The van der Waals surface area contributed by atoms with E-state index < -0.39 is 29.3 Å². The molecule has 0 aliphatic rings. The zero-order valence-electron chi connectivity index (χ0n) is 18.9. The standard InChI is InChI=1S/C23H21F4N7O2/c1-34-20-16(12-29-21(32-20)28-9-2-10-35)19(33-34)13-3-6-15(7-4-13)30-22(36)31-18-11-14(23(25,26)27)5-8-17(18)24/h3-8,11-12,35H,2,9-10H2,1H3,(H,28,29,32)(H2,30,31,36). The number of urea groups is 1. The van der Waals surface area contributed by atoms with Crippen molar-refractivity contribution in [3.05, 3.63) is 60.0 Å². The number of rotatable bonds is 7. The zero-order chi connectivity index (χ0) is 25.9. The van der Waals surface area contributed by atoms with Crippen LogP contribution in [0.2, 0.25) is 0 Å². The van der Waals surface area contributed by atoms with Crippen LogP contribution in [-0.2, 0) is 13.2 Å². The van der Waals surface area contributed by atoms with Gasteiger partial charge >= 0.3 is 12.2 Å². The fraction of sp³-hybridized carbons (Fsp3) is 0.217. The molecule has 9 nitrogen and oxygen atoms in total. The van der Waals surface area contributed by atoms with Gasteiger partial charge in [0.2, 0.25) is 5.95 Å². The van der Waals surface area contributed by atoms with Crippen molar-refractivity contribution in [1.29, 1.82) is 0 Å². The monoisotopic (exact) mass is 503 g/mol. The third-order valence-corrected chi connectivity index (χ3v) is 5.16. The second-order valence-electron chi connectivity index (χ2n) is 7.76. The number of benzene rings is 2. The van der Waals surface area contributed by atoms with E-state index in [2.05, 4.69) is 31.0 Å². The number of halogens is 4. The molecule has 0 fully saturated rings. The number of anilines is 3. The molecule has 2 aromatic heterocycles. The average Bonchev–Trinajstić information content (AvgIpc) is 3.16. The lowest BCUT2D eigenvalue weighted by atomic mass is 10.1. The third-order valence-electron chi connectivity index (χ3n) is 5.16. The maximum absolute atomic E-state index is 13.9. The second kappa shape index (κ2) is 10.2. The summed E-state index contributed by atoms with van der Waals surface area (Å²) in [5, 5.41) is 21.7. The van der Waals surface area contributed by atoms with Crippen LogP contribution in [0.4, 0.5) is 39.7 Å². The number of alkyl halides is 3. The number of hydrogen-bond donors (Lipinski definition) is 4. The summed E-state index contributed by atoms with van der Waals surface area (Å²) >= 11 is 0. The van der Waals surface area contributed by atoms with Gasteiger partial charge in [0, 0.05) is 37.6 Å². The Labute approximate surface area is 202 Å². The maximum atomic E-state index is 13.9. The Bertz CT molecular complexity index is 1390. The first kappa shape index (κ1) is 24.9. The average molecular weight is 503 g/mol. The fourth-order valence-corrected chi connectivity index (χ4v) is 3.41. The van der Waals surface area contributed by atoms with Gasteiger partial charge in [-0.25, -0.2) is 18.9 Å². The maximum Gasteiger partial charge on any atom is 0.416 e. The number of carbonyl (C=O) groups is 1. The van der Waals surface area contributed by atoms with Crippen LogP contribution < -0.4 is 16.0 Å². The van der Waals surface area contributed by atoms with E-state index in [1.165, 1.54) is 0 Å². The van der Waals surface area contributed by atoms with Crippen molar-refractivity contribution in [3.63, 3.8) is 0 Å². The van der Waals surface area contributed by atoms with E-state index in [-0.39, 0.29) is 6.61 Å². The summed E-state index contributed by atoms with van der Waals surface area (Å²) in [7, 11) is 1.74. The summed E-state index contributed by atoms with van der Waals surface area (Å²) in [5.74, 6) is -0.585. The van der Waals surface area contributed by atoms with Gasteiger partial charge in [-0.15, -0.1) is 0 Å². The molecule has 0 saturated heterocycles. The predicted octanol–water partition coefficient (Wildman–Crippen LogP) is 4.63. The lowest BCUT2D eigenvalue weighted by Crippen LogP contribution is -2.20. The van der Waals surface area contributed by atoms with Gasteiger partial charge in [0.1, 0.15) is 11.5 Å². The highest BCUT2D eigenvalue weighted by Gasteiger charge is 2.31. The van der Waals surface area contributed by atoms with Gasteiger partial charge in [-0.1, -0.05) is 12.1 Å². The molecule has 0 radical (unpaired) electrons. The van der Waals surface area contributed by atoms with Crippen LogP contribution in [0.5, 0.6) is 0 Å². The van der Waals surface area contributed by atoms with Crippen LogP contribution in [-0.4, -0.2) is 44.0 Å². The van der Waals surface area contributed by atoms with E-state index in [1.54, 1.807) is 42.2 Å². The van der Waals surface area contributed by atoms with Gasteiger partial charge in [-0.2, -0.15) is 23.3 Å². The molecule has 36 heavy (non-hydrogen) atoms. The molecule has 4 rings (SSSR count). The Kier molecular flexibility index (Phi) is 7.01. The van der Waals surface area contributed by atoms with E-state index in [4.69, 9.17) is 5.11 Å². The lowest BCUT2D eigenvalue weighted by molar-refractivity contribution is -0.137. The van der Waals surface area contributed by atoms with E-state index >= 15 is 0 Å². The van der Waals surface area contributed by atoms with Crippen molar-refractivity contribution in [2.45, 2.75) is 12.6 Å². The summed E-state index contributed by atoms with van der Waals surface area (Å²) in [6.07, 6.45) is -2.48. The molecule has 0 bridgehead atoms. The molecule has 4 aromatic rings. The lowest BCUT2D eigenvalue weighted by Gasteiger charge is -2.12. The van der Waals surface area contributed by atoms with Gasteiger partial charge in [0.05, 0.1) is 16.6 Å². The van der Waals surface area contributed by atoms with Gasteiger partial charge in [0.15, 0.2) is 5.65 Å². The quantitative estimate of drug-likeness (QED) is 0.216. The van der Waals surface area contributed by atoms with E-state index in [0.29, 0.717) is 65.1 Å². The summed E-state index contributed by atoms with van der Waals surface area (Å²) in [4.78, 5) is 21.0. The highest BCUT2D eigenvalue weighted by Crippen LogP contribution is 2.32. The number of aryl methyl sites for hydroxylation is 1. The fourth-order valence-electron chi connectivity index (χ4n) is 3.41. The Balaban J connectivity index is 1.47. The third kappa shape index (κ3) is 5.51. The normalized spacial score (nSPS) is 11.5. The molecule has 0 atom stereocenters. The van der Waals surface area contributed by atoms with Gasteiger partial charge < -0.3 is 21.1 Å². The van der Waals surface area contributed by atoms with Crippen LogP contribution in [0.1, 0.15) is 12.0 Å². The molecule has 2 heterocycles. The molecule has 0 aliphatic carbocycles. The number of hydrogen-bond acceptors (Lipinski definition) is 6. The Morgan fingerprint density at radius 3 is 2.56 bits per heavy atom. The largest absolute Gasteiger partial charge is 0.416 e. The minimum absolute atomic E-state index is 0.0553. The van der Waals surface area contributed by atoms with Crippen LogP contribution >= 0.6 is 0 Å². The van der Waals surface area contributed by atoms with Crippen molar-refractivity contribution in [2.24, 2.45) is 7.05 Å². The molecular weight excluding hydrogens is 482 g/mol. The topological polar surface area (TPSA) is 117 Å². The summed E-state index contributed by atoms with van der Waals surface area (Å²) in [6.45, 7) is 0.578. The number of aliphatic hydroxyl groups is 1. The van der Waals surface area contributed by atoms with Crippen molar-refractivity contribution in [2.75, 3.05) is 29.1 Å². The van der Waals surface area contributed by atoms with Crippen LogP contribution in [0, 0.1) is 5.82 Å². The first-order valence-electron chi connectivity index (χ1n) is 10.8. The first-order valence-corrected chi connectivity index (χ1v) is 10.8. The van der Waals surface area contributed by atoms with Gasteiger partial charge in [-0.3, -0.25) is 0 Å². The number of nitrogens with one attached hydrogen (secondary N) is 3. The highest BCUT2D eigenvalue weighted by molar-refractivity contribution is 6.00. The number of amides is 2. The molecule has 13 heteroatoms. The van der Waals surface area contributed by atoms with E-state index in [1.807, 2.05) is 0 Å². The summed E-state index contributed by atoms with van der Waals surface area (Å²) in [5.41, 5.74) is 0.565. The van der Waals surface area contributed by atoms with Crippen LogP contribution in [0.25, 0.3) is 22.3 Å². The Hall–Kier alpha value is -4.26. The molecule has 0 unspecified atom stereocenters. The molecule has 0 aliphatic heterocycles. The van der Waals surface area contributed by atoms with E-state index in [9.17, 15) is 22.4 Å².